The molecule has 4 amide bonds. The first-order chi connectivity index (χ1) is 10.0. The fourth-order valence-electron chi connectivity index (χ4n) is 2.08. The molecule has 7 heteroatoms. The summed E-state index contributed by atoms with van der Waals surface area (Å²) in [6.07, 6.45) is 0. The highest BCUT2D eigenvalue weighted by Gasteiger charge is 2.31. The minimum absolute atomic E-state index is 0.0491. The molecule has 1 N–H and O–H groups in total. The second-order valence-electron chi connectivity index (χ2n) is 4.68. The summed E-state index contributed by atoms with van der Waals surface area (Å²) in [7, 11) is 0. The minimum atomic E-state index is -0.521. The topological polar surface area (TPSA) is 69.7 Å². The van der Waals surface area contributed by atoms with Crippen molar-refractivity contribution in [3.05, 3.63) is 34.9 Å². The van der Waals surface area contributed by atoms with E-state index in [1.165, 1.54) is 0 Å². The number of urea groups is 1. The normalized spacial score (nSPS) is 14.3. The van der Waals surface area contributed by atoms with Crippen molar-refractivity contribution in [2.24, 2.45) is 0 Å². The van der Waals surface area contributed by atoms with Crippen molar-refractivity contribution in [2.45, 2.75) is 13.5 Å². The Morgan fingerprint density at radius 3 is 2.76 bits per heavy atom. The molecule has 1 heterocycles. The van der Waals surface area contributed by atoms with Gasteiger partial charge in [-0.2, -0.15) is 0 Å². The molecule has 0 aliphatic carbocycles. The Balaban J connectivity index is 2.01. The molecule has 0 radical (unpaired) electrons. The van der Waals surface area contributed by atoms with Crippen LogP contribution in [0.5, 0.6) is 0 Å². The number of imide groups is 1. The van der Waals surface area contributed by atoms with Gasteiger partial charge in [-0.15, -0.1) is 0 Å². The molecule has 1 saturated heterocycles. The summed E-state index contributed by atoms with van der Waals surface area (Å²) in [4.78, 5) is 37.7. The van der Waals surface area contributed by atoms with Crippen LogP contribution in [0.4, 0.5) is 4.79 Å². The first-order valence-corrected chi connectivity index (χ1v) is 6.99. The van der Waals surface area contributed by atoms with Crippen LogP contribution in [0.3, 0.4) is 0 Å². The Hall–Kier alpha value is -2.08. The maximum absolute atomic E-state index is 12.2. The zero-order chi connectivity index (χ0) is 15.4. The number of rotatable bonds is 5. The molecule has 0 unspecified atom stereocenters. The van der Waals surface area contributed by atoms with Gasteiger partial charge in [-0.1, -0.05) is 23.7 Å². The molecule has 112 valence electrons. The van der Waals surface area contributed by atoms with E-state index in [1.54, 1.807) is 17.0 Å². The van der Waals surface area contributed by atoms with Crippen LogP contribution in [0.1, 0.15) is 12.5 Å². The van der Waals surface area contributed by atoms with Gasteiger partial charge in [0.1, 0.15) is 6.54 Å². The number of hydrogen-bond donors (Lipinski definition) is 1. The summed E-state index contributed by atoms with van der Waals surface area (Å²) in [6.45, 7) is 2.43. The number of carbonyl (C=O) groups is 3. The largest absolute Gasteiger partial charge is 0.337 e. The number of benzene rings is 1. The van der Waals surface area contributed by atoms with Gasteiger partial charge in [-0.05, 0) is 24.6 Å². The van der Waals surface area contributed by atoms with Gasteiger partial charge < -0.3 is 10.2 Å². The van der Waals surface area contributed by atoms with Crippen LogP contribution in [0, 0.1) is 0 Å². The third kappa shape index (κ3) is 3.72. The van der Waals surface area contributed by atoms with Crippen molar-refractivity contribution in [1.82, 2.24) is 15.1 Å². The molecule has 0 aromatic heterocycles. The molecule has 1 aliphatic heterocycles. The molecule has 1 fully saturated rings. The van der Waals surface area contributed by atoms with Crippen molar-refractivity contribution in [3.63, 3.8) is 0 Å². The Morgan fingerprint density at radius 1 is 1.43 bits per heavy atom. The lowest BCUT2D eigenvalue weighted by Crippen LogP contribution is -2.42. The highest BCUT2D eigenvalue weighted by molar-refractivity contribution is 6.30. The Kier molecular flexibility index (Phi) is 4.80. The number of nitrogens with one attached hydrogen (secondary N) is 1. The number of nitrogens with zero attached hydrogens (tertiary/aromatic N) is 2. The van der Waals surface area contributed by atoms with Crippen LogP contribution in [0.15, 0.2) is 24.3 Å². The molecule has 6 nitrogen and oxygen atoms in total. The van der Waals surface area contributed by atoms with Crippen molar-refractivity contribution in [2.75, 3.05) is 19.6 Å². The number of likely N-dealkylation sites (N-methyl/N-ethyl adjacent to an activating group) is 1. The summed E-state index contributed by atoms with van der Waals surface area (Å²) >= 11 is 5.92. The molecule has 0 saturated carbocycles. The van der Waals surface area contributed by atoms with E-state index < -0.39 is 6.03 Å². The number of halogens is 1. The molecular formula is C14H16ClN3O3. The van der Waals surface area contributed by atoms with Gasteiger partial charge in [0.2, 0.25) is 5.91 Å². The van der Waals surface area contributed by atoms with E-state index in [0.717, 1.165) is 10.5 Å². The second-order valence-corrected chi connectivity index (χ2v) is 5.11. The molecule has 21 heavy (non-hydrogen) atoms. The zero-order valence-electron chi connectivity index (χ0n) is 11.6. The van der Waals surface area contributed by atoms with Gasteiger partial charge in [0, 0.05) is 18.1 Å². The first kappa shape index (κ1) is 15.3. The minimum Gasteiger partial charge on any atom is -0.337 e. The van der Waals surface area contributed by atoms with Crippen molar-refractivity contribution >= 4 is 29.4 Å². The molecule has 2 rings (SSSR count). The fourth-order valence-corrected chi connectivity index (χ4v) is 2.30. The van der Waals surface area contributed by atoms with Crippen molar-refractivity contribution in [3.8, 4) is 0 Å². The van der Waals surface area contributed by atoms with Gasteiger partial charge in [0.15, 0.2) is 0 Å². The third-order valence-corrected chi connectivity index (χ3v) is 3.46. The van der Waals surface area contributed by atoms with Crippen LogP contribution >= 0.6 is 11.6 Å². The standard InChI is InChI=1S/C14H16ClN3O3/c1-2-17(8-10-4-3-5-11(15)6-10)13(20)9-18-12(19)7-16-14(18)21/h3-6H,2,7-9H2,1H3,(H,16,21). The van der Waals surface area contributed by atoms with Crippen molar-refractivity contribution in [1.29, 1.82) is 0 Å². The predicted molar refractivity (Wildman–Crippen MR) is 77.7 cm³/mol. The number of amides is 4. The zero-order valence-corrected chi connectivity index (χ0v) is 12.4. The predicted octanol–water partition coefficient (Wildman–Crippen LogP) is 1.24. The maximum Gasteiger partial charge on any atom is 0.325 e. The van der Waals surface area contributed by atoms with Gasteiger partial charge in [-0.25, -0.2) is 4.79 Å². The lowest BCUT2D eigenvalue weighted by molar-refractivity contribution is -0.136. The Bertz CT molecular complexity index is 560. The smallest absolute Gasteiger partial charge is 0.325 e. The fraction of sp³-hybridized carbons (Fsp3) is 0.357. The van der Waals surface area contributed by atoms with Gasteiger partial charge in [0.05, 0.1) is 6.54 Å². The molecule has 1 aliphatic rings. The molecular weight excluding hydrogens is 294 g/mol. The van der Waals surface area contributed by atoms with E-state index in [9.17, 15) is 14.4 Å². The maximum atomic E-state index is 12.2. The monoisotopic (exact) mass is 309 g/mol. The van der Waals surface area contributed by atoms with Gasteiger partial charge in [0.25, 0.3) is 5.91 Å². The van der Waals surface area contributed by atoms with Crippen LogP contribution in [-0.2, 0) is 16.1 Å². The average Bonchev–Trinajstić information content (AvgIpc) is 2.76. The quantitative estimate of drug-likeness (QED) is 0.832. The van der Waals surface area contributed by atoms with E-state index in [0.29, 0.717) is 18.1 Å². The Morgan fingerprint density at radius 2 is 2.19 bits per heavy atom. The van der Waals surface area contributed by atoms with E-state index in [2.05, 4.69) is 5.32 Å². The SMILES string of the molecule is CCN(Cc1cccc(Cl)c1)C(=O)CN1C(=O)CNC1=O. The van der Waals surface area contributed by atoms with E-state index in [4.69, 9.17) is 11.6 Å². The van der Waals surface area contributed by atoms with Gasteiger partial charge >= 0.3 is 6.03 Å². The second kappa shape index (κ2) is 6.58. The molecule has 0 bridgehead atoms. The lowest BCUT2D eigenvalue weighted by atomic mass is 10.2. The Labute approximate surface area is 127 Å². The van der Waals surface area contributed by atoms with E-state index >= 15 is 0 Å². The average molecular weight is 310 g/mol. The molecule has 0 atom stereocenters. The van der Waals surface area contributed by atoms with Crippen LogP contribution in [0.2, 0.25) is 5.02 Å². The summed E-state index contributed by atoms with van der Waals surface area (Å²) in [5, 5.41) is 2.99. The molecule has 1 aromatic carbocycles. The van der Waals surface area contributed by atoms with Crippen LogP contribution in [-0.4, -0.2) is 47.3 Å². The lowest BCUT2D eigenvalue weighted by Gasteiger charge is -2.23. The van der Waals surface area contributed by atoms with E-state index in [1.807, 2.05) is 19.1 Å². The highest BCUT2D eigenvalue weighted by Crippen LogP contribution is 2.13. The van der Waals surface area contributed by atoms with Gasteiger partial charge in [-0.3, -0.25) is 14.5 Å². The summed E-state index contributed by atoms with van der Waals surface area (Å²) in [6, 6.07) is 6.71. The van der Waals surface area contributed by atoms with Crippen LogP contribution in [0.25, 0.3) is 0 Å². The van der Waals surface area contributed by atoms with Crippen molar-refractivity contribution < 1.29 is 14.4 Å². The third-order valence-electron chi connectivity index (χ3n) is 3.23. The first-order valence-electron chi connectivity index (χ1n) is 6.61. The summed E-state index contributed by atoms with van der Waals surface area (Å²) in [5.74, 6) is -0.657. The van der Waals surface area contributed by atoms with Crippen LogP contribution < -0.4 is 5.32 Å². The van der Waals surface area contributed by atoms with E-state index in [-0.39, 0.29) is 24.9 Å². The highest BCUT2D eigenvalue weighted by atomic mass is 35.5. The number of hydrogen-bond acceptors (Lipinski definition) is 3. The summed E-state index contributed by atoms with van der Waals surface area (Å²) < 4.78 is 0. The number of carbonyl (C=O) groups excluding carboxylic acids is 3. The molecule has 1 aromatic rings. The molecule has 0 spiro atoms. The summed E-state index contributed by atoms with van der Waals surface area (Å²) in [5.41, 5.74) is 0.898.